The van der Waals surface area contributed by atoms with E-state index >= 15 is 0 Å². The van der Waals surface area contributed by atoms with Crippen molar-refractivity contribution in [2.45, 2.75) is 36.9 Å². The van der Waals surface area contributed by atoms with Gasteiger partial charge >= 0.3 is 0 Å². The number of fused-ring (bicyclic) bond motifs is 2. The van der Waals surface area contributed by atoms with Crippen LogP contribution in [-0.4, -0.2) is 32.8 Å². The quantitative estimate of drug-likeness (QED) is 0.805. The minimum atomic E-state index is 0.0962. The zero-order chi connectivity index (χ0) is 15.4. The molecule has 0 radical (unpaired) electrons. The first-order chi connectivity index (χ1) is 11.3. The number of rotatable bonds is 1. The first kappa shape index (κ1) is 13.5. The Kier molecular flexibility index (Phi) is 2.95. The van der Waals surface area contributed by atoms with Gasteiger partial charge in [-0.05, 0) is 53.0 Å². The highest BCUT2D eigenvalue weighted by molar-refractivity contribution is 8.01. The minimum Gasteiger partial charge on any atom is -0.294 e. The predicted molar refractivity (Wildman–Crippen MR) is 88.7 cm³/mol. The number of thioether (sulfide) groups is 1. The molecule has 3 aliphatic rings. The largest absolute Gasteiger partial charge is 0.294 e. The number of Topliss-reactive ketones (excluding diaryl/α,β-unsaturated/α-hetero) is 1. The summed E-state index contributed by atoms with van der Waals surface area (Å²) >= 11 is 1.92. The summed E-state index contributed by atoms with van der Waals surface area (Å²) in [5, 5.41) is 8.12. The van der Waals surface area contributed by atoms with Crippen LogP contribution in [-0.2, 0) is 4.79 Å². The number of nitrogens with zero attached hydrogens (tertiary/aromatic N) is 3. The van der Waals surface area contributed by atoms with Crippen LogP contribution in [0.1, 0.15) is 37.2 Å². The predicted octanol–water partition coefficient (Wildman–Crippen LogP) is 3.27. The second-order valence-corrected chi connectivity index (χ2v) is 7.52. The van der Waals surface area contributed by atoms with Crippen molar-refractivity contribution in [1.82, 2.24) is 10.3 Å². The summed E-state index contributed by atoms with van der Waals surface area (Å²) in [7, 11) is 0. The first-order valence-corrected chi connectivity index (χ1v) is 9.03. The lowest BCUT2D eigenvalue weighted by Crippen LogP contribution is -2.32. The van der Waals surface area contributed by atoms with E-state index in [1.54, 1.807) is 0 Å². The van der Waals surface area contributed by atoms with Gasteiger partial charge in [0.25, 0.3) is 0 Å². The molecule has 2 aliphatic heterocycles. The van der Waals surface area contributed by atoms with Crippen LogP contribution in [0, 0.1) is 0 Å². The highest BCUT2D eigenvalue weighted by Gasteiger charge is 2.42. The van der Waals surface area contributed by atoms with Crippen molar-refractivity contribution in [3.05, 3.63) is 35.0 Å². The average Bonchev–Trinajstić information content (AvgIpc) is 3.21. The number of hydrogen-bond acceptors (Lipinski definition) is 6. The van der Waals surface area contributed by atoms with Gasteiger partial charge in [-0.25, -0.2) is 4.63 Å². The zero-order valence-electron chi connectivity index (χ0n) is 12.5. The van der Waals surface area contributed by atoms with Gasteiger partial charge in [0.1, 0.15) is 11.0 Å². The van der Waals surface area contributed by atoms with Gasteiger partial charge in [0.15, 0.2) is 5.78 Å². The molecule has 0 amide bonds. The standard InChI is InChI=1S/C17H15N3O2S/c21-14-3-1-2-11-16(14)15(17-12(18-11)6-7-23-17)9-4-5-10-13(8-9)20-22-19-10/h4-5,8,15,17H,1-3,6-7H2/t15-,17?/m0/s1. The molecule has 1 saturated heterocycles. The molecule has 0 bridgehead atoms. The van der Waals surface area contributed by atoms with Crippen LogP contribution in [0.3, 0.4) is 0 Å². The van der Waals surface area contributed by atoms with Crippen molar-refractivity contribution in [3.8, 4) is 0 Å². The number of aliphatic imine (C=N–C) groups is 1. The molecule has 3 heterocycles. The van der Waals surface area contributed by atoms with E-state index in [9.17, 15) is 4.79 Å². The van der Waals surface area contributed by atoms with Gasteiger partial charge in [0.2, 0.25) is 0 Å². The Bertz CT molecular complexity index is 883. The Labute approximate surface area is 137 Å². The van der Waals surface area contributed by atoms with E-state index in [-0.39, 0.29) is 17.0 Å². The summed E-state index contributed by atoms with van der Waals surface area (Å²) in [6, 6.07) is 6.01. The summed E-state index contributed by atoms with van der Waals surface area (Å²) in [5.41, 5.74) is 5.85. The third-order valence-corrected chi connectivity index (χ3v) is 6.29. The van der Waals surface area contributed by atoms with Crippen molar-refractivity contribution in [3.63, 3.8) is 0 Å². The summed E-state index contributed by atoms with van der Waals surface area (Å²) in [5.74, 6) is 1.45. The second kappa shape index (κ2) is 5.03. The third kappa shape index (κ3) is 2.01. The summed E-state index contributed by atoms with van der Waals surface area (Å²) in [6.45, 7) is 0. The van der Waals surface area contributed by atoms with Crippen molar-refractivity contribution >= 4 is 34.3 Å². The molecule has 1 aromatic carbocycles. The van der Waals surface area contributed by atoms with Crippen LogP contribution in [0.5, 0.6) is 0 Å². The Morgan fingerprint density at radius 2 is 2.04 bits per heavy atom. The molecular weight excluding hydrogens is 310 g/mol. The molecule has 1 unspecified atom stereocenters. The van der Waals surface area contributed by atoms with Crippen LogP contribution < -0.4 is 0 Å². The van der Waals surface area contributed by atoms with Crippen LogP contribution in [0.25, 0.3) is 11.0 Å². The minimum absolute atomic E-state index is 0.0962. The number of carbonyl (C=O) groups is 1. The van der Waals surface area contributed by atoms with Crippen molar-refractivity contribution < 1.29 is 9.42 Å². The first-order valence-electron chi connectivity index (χ1n) is 7.99. The number of hydrogen-bond donors (Lipinski definition) is 0. The molecule has 5 rings (SSSR count). The van der Waals surface area contributed by atoms with E-state index in [0.29, 0.717) is 6.42 Å². The van der Waals surface area contributed by atoms with Gasteiger partial charge in [-0.3, -0.25) is 9.79 Å². The maximum Gasteiger partial charge on any atom is 0.161 e. The lowest BCUT2D eigenvalue weighted by molar-refractivity contribution is -0.116. The topological polar surface area (TPSA) is 68.3 Å². The van der Waals surface area contributed by atoms with Crippen molar-refractivity contribution in [2.24, 2.45) is 4.99 Å². The van der Waals surface area contributed by atoms with Gasteiger partial charge in [0, 0.05) is 29.3 Å². The Hall–Kier alpha value is -1.95. The van der Waals surface area contributed by atoms with E-state index in [1.165, 1.54) is 5.71 Å². The van der Waals surface area contributed by atoms with E-state index in [1.807, 2.05) is 23.9 Å². The maximum absolute atomic E-state index is 12.6. The van der Waals surface area contributed by atoms with E-state index in [2.05, 4.69) is 16.4 Å². The van der Waals surface area contributed by atoms with E-state index in [4.69, 9.17) is 9.62 Å². The molecule has 6 heteroatoms. The van der Waals surface area contributed by atoms with Crippen molar-refractivity contribution in [2.75, 3.05) is 5.75 Å². The molecule has 5 nitrogen and oxygen atoms in total. The van der Waals surface area contributed by atoms with Gasteiger partial charge in [0.05, 0.1) is 5.25 Å². The average molecular weight is 325 g/mol. The lowest BCUT2D eigenvalue weighted by Gasteiger charge is -2.33. The molecule has 1 fully saturated rings. The monoisotopic (exact) mass is 325 g/mol. The van der Waals surface area contributed by atoms with E-state index < -0.39 is 0 Å². The summed E-state index contributed by atoms with van der Waals surface area (Å²) < 4.78 is 4.81. The number of benzene rings is 1. The molecule has 2 aromatic rings. The Morgan fingerprint density at radius 3 is 3.00 bits per heavy atom. The zero-order valence-corrected chi connectivity index (χ0v) is 13.3. The fraction of sp³-hybridized carbons (Fsp3) is 0.412. The van der Waals surface area contributed by atoms with Crippen LogP contribution >= 0.6 is 11.8 Å². The molecule has 0 spiro atoms. The summed E-state index contributed by atoms with van der Waals surface area (Å²) in [6.07, 6.45) is 3.52. The second-order valence-electron chi connectivity index (χ2n) is 6.27. The molecular formula is C17H15N3O2S. The van der Waals surface area contributed by atoms with E-state index in [0.717, 1.165) is 52.9 Å². The summed E-state index contributed by atoms with van der Waals surface area (Å²) in [4.78, 5) is 17.5. The molecule has 1 aliphatic carbocycles. The fourth-order valence-electron chi connectivity index (χ4n) is 3.91. The molecule has 23 heavy (non-hydrogen) atoms. The normalized spacial score (nSPS) is 27.1. The molecule has 1 aromatic heterocycles. The molecule has 2 atom stereocenters. The number of ketones is 1. The SMILES string of the molecule is O=C1CCCC2=C1[C@H](c1ccc3nonc3c1)C1SCCC1=N2. The van der Waals surface area contributed by atoms with Crippen molar-refractivity contribution in [1.29, 1.82) is 0 Å². The van der Waals surface area contributed by atoms with Gasteiger partial charge in [-0.2, -0.15) is 11.8 Å². The third-order valence-electron chi connectivity index (χ3n) is 4.94. The molecule has 116 valence electrons. The van der Waals surface area contributed by atoms with Crippen LogP contribution in [0.15, 0.2) is 39.1 Å². The smallest absolute Gasteiger partial charge is 0.161 e. The maximum atomic E-state index is 12.6. The Balaban J connectivity index is 1.70. The van der Waals surface area contributed by atoms with Gasteiger partial charge in [-0.1, -0.05) is 6.07 Å². The number of allylic oxidation sites excluding steroid dienone is 2. The number of carbonyl (C=O) groups excluding carboxylic acids is 1. The Morgan fingerprint density at radius 1 is 1.13 bits per heavy atom. The molecule has 0 saturated carbocycles. The van der Waals surface area contributed by atoms with Gasteiger partial charge in [-0.15, -0.1) is 0 Å². The highest BCUT2D eigenvalue weighted by Crippen LogP contribution is 2.47. The fourth-order valence-corrected chi connectivity index (χ4v) is 5.34. The molecule has 0 N–H and O–H groups in total. The number of aromatic nitrogens is 2. The van der Waals surface area contributed by atoms with Gasteiger partial charge < -0.3 is 0 Å². The van der Waals surface area contributed by atoms with Crippen LogP contribution in [0.2, 0.25) is 0 Å². The van der Waals surface area contributed by atoms with Crippen LogP contribution in [0.4, 0.5) is 0 Å². The lowest BCUT2D eigenvalue weighted by atomic mass is 9.77. The highest BCUT2D eigenvalue weighted by atomic mass is 32.2.